The Kier molecular flexibility index (Phi) is 8.89. The molecule has 0 radical (unpaired) electrons. The van der Waals surface area contributed by atoms with Crippen LogP contribution in [0.15, 0.2) is 81.1 Å². The summed E-state index contributed by atoms with van der Waals surface area (Å²) in [5.41, 5.74) is 3.30. The fraction of sp³-hybridized carbons (Fsp3) is 0.269. The lowest BCUT2D eigenvalue weighted by Crippen LogP contribution is -2.07. The summed E-state index contributed by atoms with van der Waals surface area (Å²) in [6.07, 6.45) is 1.72. The van der Waals surface area contributed by atoms with E-state index in [0.717, 1.165) is 24.2 Å². The van der Waals surface area contributed by atoms with E-state index in [-0.39, 0.29) is 17.0 Å². The lowest BCUT2D eigenvalue weighted by molar-refractivity contribution is 0.0499. The molecule has 0 saturated heterocycles. The maximum absolute atomic E-state index is 12.0. The normalized spacial score (nSPS) is 11.2. The summed E-state index contributed by atoms with van der Waals surface area (Å²) in [5, 5.41) is 27.0. The van der Waals surface area contributed by atoms with E-state index >= 15 is 0 Å². The zero-order valence-electron chi connectivity index (χ0n) is 20.3. The molecular formula is C26H29N5O4. The van der Waals surface area contributed by atoms with Crippen molar-refractivity contribution in [3.63, 3.8) is 0 Å². The molecule has 0 heterocycles. The SMILES string of the molecule is CCCCOC(=O)c1ccc(N=Nc2ccc(N=Nc3ccc(N(C)C)cc3)c(OC)c2)c(O)c1. The fourth-order valence-electron chi connectivity index (χ4n) is 2.98. The lowest BCUT2D eigenvalue weighted by atomic mass is 10.2. The summed E-state index contributed by atoms with van der Waals surface area (Å²) in [7, 11) is 5.48. The first-order chi connectivity index (χ1) is 16.9. The molecule has 3 aromatic rings. The summed E-state index contributed by atoms with van der Waals surface area (Å²) >= 11 is 0. The van der Waals surface area contributed by atoms with Crippen molar-refractivity contribution in [3.05, 3.63) is 66.2 Å². The summed E-state index contributed by atoms with van der Waals surface area (Å²) in [4.78, 5) is 14.0. The standard InChI is InChI=1S/C26H29N5O4/c1-5-6-15-35-26(33)18-7-13-22(24(32)16-18)29-28-20-10-14-23(25(17-20)34-4)30-27-19-8-11-21(12-9-19)31(2)3/h7-14,16-17,32H,5-6,15H2,1-4H3. The fourth-order valence-corrected chi connectivity index (χ4v) is 2.98. The number of anilines is 1. The number of hydrogen-bond donors (Lipinski definition) is 1. The third kappa shape index (κ3) is 7.10. The van der Waals surface area contributed by atoms with Gasteiger partial charge in [0.15, 0.2) is 0 Å². The van der Waals surface area contributed by atoms with Crippen LogP contribution in [0.25, 0.3) is 0 Å². The van der Waals surface area contributed by atoms with E-state index in [1.54, 1.807) is 18.2 Å². The van der Waals surface area contributed by atoms with Crippen LogP contribution >= 0.6 is 0 Å². The van der Waals surface area contributed by atoms with Crippen LogP contribution in [-0.4, -0.2) is 38.9 Å². The summed E-state index contributed by atoms with van der Waals surface area (Å²) < 4.78 is 10.6. The van der Waals surface area contributed by atoms with E-state index in [1.165, 1.54) is 25.3 Å². The Morgan fingerprint density at radius 2 is 1.54 bits per heavy atom. The molecule has 35 heavy (non-hydrogen) atoms. The van der Waals surface area contributed by atoms with Gasteiger partial charge < -0.3 is 19.5 Å². The third-order valence-electron chi connectivity index (χ3n) is 5.02. The first kappa shape index (κ1) is 25.4. The molecule has 0 aromatic heterocycles. The highest BCUT2D eigenvalue weighted by Gasteiger charge is 2.11. The van der Waals surface area contributed by atoms with E-state index in [2.05, 4.69) is 20.5 Å². The van der Waals surface area contributed by atoms with Crippen molar-refractivity contribution in [2.24, 2.45) is 20.5 Å². The van der Waals surface area contributed by atoms with Gasteiger partial charge in [-0.25, -0.2) is 4.79 Å². The van der Waals surface area contributed by atoms with Crippen molar-refractivity contribution in [2.75, 3.05) is 32.7 Å². The predicted molar refractivity (Wildman–Crippen MR) is 135 cm³/mol. The molecule has 0 bridgehead atoms. The topological polar surface area (TPSA) is 108 Å². The van der Waals surface area contributed by atoms with Gasteiger partial charge in [-0.1, -0.05) is 13.3 Å². The number of benzene rings is 3. The molecular weight excluding hydrogens is 446 g/mol. The lowest BCUT2D eigenvalue weighted by Gasteiger charge is -2.11. The summed E-state index contributed by atoms with van der Waals surface area (Å²) in [6, 6.07) is 17.2. The average Bonchev–Trinajstić information content (AvgIpc) is 2.87. The van der Waals surface area contributed by atoms with E-state index in [1.807, 2.05) is 50.2 Å². The number of carbonyl (C=O) groups excluding carboxylic acids is 1. The molecule has 0 spiro atoms. The summed E-state index contributed by atoms with van der Waals surface area (Å²) in [5.74, 6) is -0.179. The van der Waals surface area contributed by atoms with Gasteiger partial charge in [0.25, 0.3) is 0 Å². The van der Waals surface area contributed by atoms with Crippen LogP contribution in [0.2, 0.25) is 0 Å². The number of aromatic hydroxyl groups is 1. The van der Waals surface area contributed by atoms with Crippen molar-refractivity contribution >= 4 is 34.4 Å². The molecule has 0 saturated carbocycles. The first-order valence-corrected chi connectivity index (χ1v) is 11.2. The number of phenolic OH excluding ortho intramolecular Hbond substituents is 1. The minimum absolute atomic E-state index is 0.170. The Morgan fingerprint density at radius 3 is 2.20 bits per heavy atom. The van der Waals surface area contributed by atoms with Gasteiger partial charge in [-0.2, -0.15) is 10.2 Å². The highest BCUT2D eigenvalue weighted by molar-refractivity contribution is 5.90. The highest BCUT2D eigenvalue weighted by Crippen LogP contribution is 2.35. The van der Waals surface area contributed by atoms with Gasteiger partial charge in [-0.05, 0) is 61.0 Å². The van der Waals surface area contributed by atoms with Crippen LogP contribution in [0.4, 0.5) is 28.4 Å². The number of nitrogens with zero attached hydrogens (tertiary/aromatic N) is 5. The highest BCUT2D eigenvalue weighted by atomic mass is 16.5. The number of ether oxygens (including phenoxy) is 2. The molecule has 9 heteroatoms. The van der Waals surface area contributed by atoms with Crippen molar-refractivity contribution in [1.29, 1.82) is 0 Å². The Hall–Kier alpha value is -4.27. The molecule has 3 rings (SSSR count). The van der Waals surface area contributed by atoms with Crippen molar-refractivity contribution in [2.45, 2.75) is 19.8 Å². The molecule has 0 aliphatic heterocycles. The molecule has 3 aromatic carbocycles. The van der Waals surface area contributed by atoms with Gasteiger partial charge in [0.05, 0.1) is 30.7 Å². The molecule has 182 valence electrons. The van der Waals surface area contributed by atoms with Gasteiger partial charge >= 0.3 is 5.97 Å². The number of methoxy groups -OCH3 is 1. The zero-order chi connectivity index (χ0) is 25.2. The quantitative estimate of drug-likeness (QED) is 0.189. The Bertz CT molecular complexity index is 1210. The van der Waals surface area contributed by atoms with Crippen LogP contribution in [0, 0.1) is 0 Å². The minimum atomic E-state index is -0.486. The molecule has 0 amide bonds. The van der Waals surface area contributed by atoms with E-state index < -0.39 is 5.97 Å². The van der Waals surface area contributed by atoms with Crippen molar-refractivity contribution < 1.29 is 19.4 Å². The Balaban J connectivity index is 1.71. The number of azo groups is 2. The maximum Gasteiger partial charge on any atom is 0.338 e. The molecule has 0 unspecified atom stereocenters. The Labute approximate surface area is 204 Å². The number of hydrogen-bond acceptors (Lipinski definition) is 9. The zero-order valence-corrected chi connectivity index (χ0v) is 20.3. The molecule has 9 nitrogen and oxygen atoms in total. The minimum Gasteiger partial charge on any atom is -0.506 e. The molecule has 0 atom stereocenters. The van der Waals surface area contributed by atoms with E-state index in [9.17, 15) is 9.90 Å². The second kappa shape index (κ2) is 12.3. The van der Waals surface area contributed by atoms with E-state index in [0.29, 0.717) is 23.7 Å². The van der Waals surface area contributed by atoms with Gasteiger partial charge in [-0.15, -0.1) is 10.2 Å². The van der Waals surface area contributed by atoms with Crippen molar-refractivity contribution in [1.82, 2.24) is 0 Å². The second-order valence-corrected chi connectivity index (χ2v) is 7.86. The van der Waals surface area contributed by atoms with Crippen LogP contribution in [0.1, 0.15) is 30.1 Å². The number of unbranched alkanes of at least 4 members (excludes halogenated alkanes) is 1. The number of rotatable bonds is 10. The number of phenols is 1. The smallest absolute Gasteiger partial charge is 0.338 e. The number of carbonyl (C=O) groups is 1. The van der Waals surface area contributed by atoms with Crippen LogP contribution in [-0.2, 0) is 4.74 Å². The first-order valence-electron chi connectivity index (χ1n) is 11.2. The predicted octanol–water partition coefficient (Wildman–Crippen LogP) is 7.25. The van der Waals surface area contributed by atoms with Gasteiger partial charge in [-0.3, -0.25) is 0 Å². The molecule has 1 N–H and O–H groups in total. The van der Waals surface area contributed by atoms with Gasteiger partial charge in [0.1, 0.15) is 22.9 Å². The molecule has 0 fully saturated rings. The van der Waals surface area contributed by atoms with Crippen LogP contribution in [0.3, 0.4) is 0 Å². The molecule has 0 aliphatic carbocycles. The number of esters is 1. The monoisotopic (exact) mass is 475 g/mol. The molecule has 0 aliphatic rings. The van der Waals surface area contributed by atoms with Gasteiger partial charge in [0, 0.05) is 25.8 Å². The summed E-state index contributed by atoms with van der Waals surface area (Å²) in [6.45, 7) is 2.36. The van der Waals surface area contributed by atoms with Crippen LogP contribution in [0.5, 0.6) is 11.5 Å². The second-order valence-electron chi connectivity index (χ2n) is 7.86. The van der Waals surface area contributed by atoms with E-state index in [4.69, 9.17) is 9.47 Å². The Morgan fingerprint density at radius 1 is 0.886 bits per heavy atom. The van der Waals surface area contributed by atoms with Gasteiger partial charge in [0.2, 0.25) is 0 Å². The average molecular weight is 476 g/mol. The largest absolute Gasteiger partial charge is 0.506 e. The third-order valence-corrected chi connectivity index (χ3v) is 5.02. The van der Waals surface area contributed by atoms with Crippen LogP contribution < -0.4 is 9.64 Å². The maximum atomic E-state index is 12.0. The van der Waals surface area contributed by atoms with Crippen molar-refractivity contribution in [3.8, 4) is 11.5 Å².